The Hall–Kier alpha value is -2.60. The number of nitrogens with two attached hydrogens (primary N) is 1. The van der Waals surface area contributed by atoms with Gasteiger partial charge in [-0.05, 0) is 24.3 Å². The van der Waals surface area contributed by atoms with Crippen molar-refractivity contribution in [3.8, 4) is 0 Å². The highest BCUT2D eigenvalue weighted by Crippen LogP contribution is 2.18. The Kier molecular flexibility index (Phi) is 4.20. The van der Waals surface area contributed by atoms with Gasteiger partial charge in [0, 0.05) is 0 Å². The number of furan rings is 1. The smallest absolute Gasteiger partial charge is 0.291 e. The van der Waals surface area contributed by atoms with E-state index in [1.165, 1.54) is 6.26 Å². The van der Waals surface area contributed by atoms with Crippen LogP contribution in [-0.2, 0) is 0 Å². The van der Waals surface area contributed by atoms with Crippen LogP contribution in [0, 0.1) is 0 Å². The van der Waals surface area contributed by atoms with Crippen LogP contribution in [0.15, 0.2) is 47.1 Å². The van der Waals surface area contributed by atoms with Gasteiger partial charge >= 0.3 is 0 Å². The Balaban J connectivity index is 1.80. The number of nitrogens with one attached hydrogen (secondary N) is 1. The van der Waals surface area contributed by atoms with Crippen molar-refractivity contribution < 1.29 is 19.3 Å². The lowest BCUT2D eigenvalue weighted by atomic mass is 10.1. The highest BCUT2D eigenvalue weighted by atomic mass is 16.3. The van der Waals surface area contributed by atoms with Crippen molar-refractivity contribution in [3.63, 3.8) is 0 Å². The molecule has 1 aromatic heterocycles. The number of para-hydroxylation sites is 1. The Labute approximate surface area is 128 Å². The predicted molar refractivity (Wildman–Crippen MR) is 80.7 cm³/mol. The fourth-order valence-corrected chi connectivity index (χ4v) is 2.49. The minimum Gasteiger partial charge on any atom is -0.459 e. The molecule has 0 aliphatic carbocycles. The zero-order valence-electron chi connectivity index (χ0n) is 12.1. The zero-order valence-corrected chi connectivity index (χ0v) is 12.1. The lowest BCUT2D eigenvalue weighted by Crippen LogP contribution is -2.89. The van der Waals surface area contributed by atoms with Crippen molar-refractivity contribution in [1.82, 2.24) is 4.90 Å². The number of hydrogen-bond donors (Lipinski definition) is 2. The lowest BCUT2D eigenvalue weighted by Gasteiger charge is -2.26. The highest BCUT2D eigenvalue weighted by molar-refractivity contribution is 6.07. The van der Waals surface area contributed by atoms with E-state index in [1.807, 2.05) is 4.90 Å². The summed E-state index contributed by atoms with van der Waals surface area (Å²) in [7, 11) is 0. The van der Waals surface area contributed by atoms with Gasteiger partial charge in [0.2, 0.25) is 0 Å². The topological polar surface area (TPSA) is 79.2 Å². The minimum absolute atomic E-state index is 0.0524. The zero-order chi connectivity index (χ0) is 15.4. The van der Waals surface area contributed by atoms with Gasteiger partial charge in [0.25, 0.3) is 11.8 Å². The summed E-state index contributed by atoms with van der Waals surface area (Å²) in [4.78, 5) is 26.5. The van der Waals surface area contributed by atoms with Gasteiger partial charge in [-0.15, -0.1) is 0 Å². The molecule has 3 rings (SSSR count). The Morgan fingerprint density at radius 2 is 1.86 bits per heavy atom. The number of carbonyl (C=O) groups excluding carboxylic acids is 2. The van der Waals surface area contributed by atoms with Gasteiger partial charge < -0.3 is 20.0 Å². The first kappa shape index (κ1) is 14.3. The van der Waals surface area contributed by atoms with E-state index in [0.717, 1.165) is 26.2 Å². The third kappa shape index (κ3) is 3.01. The molecule has 0 saturated carbocycles. The molecule has 0 bridgehead atoms. The number of amides is 2. The van der Waals surface area contributed by atoms with Gasteiger partial charge in [0.05, 0.1) is 43.7 Å². The maximum absolute atomic E-state index is 12.6. The normalized spacial score (nSPS) is 14.6. The van der Waals surface area contributed by atoms with Crippen LogP contribution in [0.4, 0.5) is 5.69 Å². The molecule has 1 aliphatic rings. The average Bonchev–Trinajstić information content (AvgIpc) is 3.10. The van der Waals surface area contributed by atoms with E-state index in [-0.39, 0.29) is 17.6 Å². The van der Waals surface area contributed by atoms with Crippen LogP contribution >= 0.6 is 0 Å². The van der Waals surface area contributed by atoms with E-state index in [1.54, 1.807) is 36.4 Å². The second kappa shape index (κ2) is 6.44. The summed E-state index contributed by atoms with van der Waals surface area (Å²) in [5, 5.41) is 4.93. The van der Waals surface area contributed by atoms with Crippen LogP contribution in [0.2, 0.25) is 0 Å². The average molecular weight is 300 g/mol. The van der Waals surface area contributed by atoms with Gasteiger partial charge in [-0.2, -0.15) is 0 Å². The predicted octanol–water partition coefficient (Wildman–Crippen LogP) is 0.551. The van der Waals surface area contributed by atoms with Crippen LogP contribution in [0.25, 0.3) is 0 Å². The van der Waals surface area contributed by atoms with Crippen molar-refractivity contribution in [2.45, 2.75) is 0 Å². The van der Waals surface area contributed by atoms with E-state index in [2.05, 4.69) is 10.6 Å². The molecule has 0 atom stereocenters. The van der Waals surface area contributed by atoms with Gasteiger partial charge in [-0.1, -0.05) is 12.1 Å². The Morgan fingerprint density at radius 1 is 1.09 bits per heavy atom. The van der Waals surface area contributed by atoms with Crippen molar-refractivity contribution in [2.75, 3.05) is 31.5 Å². The molecular formula is C16H18N3O3+. The van der Waals surface area contributed by atoms with Crippen molar-refractivity contribution in [1.29, 1.82) is 0 Å². The summed E-state index contributed by atoms with van der Waals surface area (Å²) in [5.41, 5.74) is 1.01. The summed E-state index contributed by atoms with van der Waals surface area (Å²) in [6.45, 7) is 3.26. The van der Waals surface area contributed by atoms with Crippen molar-refractivity contribution >= 4 is 17.5 Å². The van der Waals surface area contributed by atoms with Gasteiger partial charge in [0.15, 0.2) is 5.76 Å². The Morgan fingerprint density at radius 3 is 2.59 bits per heavy atom. The summed E-state index contributed by atoms with van der Waals surface area (Å²) in [6.07, 6.45) is 1.44. The SMILES string of the molecule is O=C(Nc1ccccc1C(=O)N1CC[NH2+]CC1)c1ccco1. The molecule has 6 heteroatoms. The van der Waals surface area contributed by atoms with Gasteiger partial charge in [-0.3, -0.25) is 9.59 Å². The first-order valence-electron chi connectivity index (χ1n) is 7.30. The third-order valence-electron chi connectivity index (χ3n) is 3.64. The van der Waals surface area contributed by atoms with E-state index in [0.29, 0.717) is 11.3 Å². The number of piperazine rings is 1. The molecule has 0 unspecified atom stereocenters. The van der Waals surface area contributed by atoms with Crippen LogP contribution in [0.5, 0.6) is 0 Å². The number of nitrogens with zero attached hydrogens (tertiary/aromatic N) is 1. The quantitative estimate of drug-likeness (QED) is 0.869. The van der Waals surface area contributed by atoms with Gasteiger partial charge in [-0.25, -0.2) is 0 Å². The molecule has 2 aromatic rings. The Bertz CT molecular complexity index is 661. The maximum atomic E-state index is 12.6. The molecule has 3 N–H and O–H groups in total. The number of quaternary nitrogens is 1. The first-order valence-corrected chi connectivity index (χ1v) is 7.30. The first-order chi connectivity index (χ1) is 10.8. The number of hydrogen-bond acceptors (Lipinski definition) is 3. The molecule has 1 fully saturated rings. The summed E-state index contributed by atoms with van der Waals surface area (Å²) >= 11 is 0. The maximum Gasteiger partial charge on any atom is 0.291 e. The van der Waals surface area contributed by atoms with Crippen LogP contribution in [-0.4, -0.2) is 42.9 Å². The van der Waals surface area contributed by atoms with Crippen LogP contribution < -0.4 is 10.6 Å². The molecule has 114 valence electrons. The fourth-order valence-electron chi connectivity index (χ4n) is 2.49. The van der Waals surface area contributed by atoms with E-state index < -0.39 is 0 Å². The molecule has 2 amide bonds. The lowest BCUT2D eigenvalue weighted by molar-refractivity contribution is -0.661. The molecule has 1 saturated heterocycles. The largest absolute Gasteiger partial charge is 0.459 e. The molecule has 0 spiro atoms. The molecule has 0 radical (unpaired) electrons. The number of anilines is 1. The second-order valence-electron chi connectivity index (χ2n) is 5.14. The van der Waals surface area contributed by atoms with Crippen LogP contribution in [0.3, 0.4) is 0 Å². The number of rotatable bonds is 3. The van der Waals surface area contributed by atoms with E-state index >= 15 is 0 Å². The van der Waals surface area contributed by atoms with Crippen molar-refractivity contribution in [2.24, 2.45) is 0 Å². The molecule has 6 nitrogen and oxygen atoms in total. The number of benzene rings is 1. The fraction of sp³-hybridized carbons (Fsp3) is 0.250. The van der Waals surface area contributed by atoms with Crippen LogP contribution in [0.1, 0.15) is 20.9 Å². The van der Waals surface area contributed by atoms with Crippen molar-refractivity contribution in [3.05, 3.63) is 54.0 Å². The molecule has 22 heavy (non-hydrogen) atoms. The minimum atomic E-state index is -0.364. The third-order valence-corrected chi connectivity index (χ3v) is 3.64. The summed E-state index contributed by atoms with van der Waals surface area (Å²) in [6, 6.07) is 10.3. The monoisotopic (exact) mass is 300 g/mol. The number of carbonyl (C=O) groups is 2. The second-order valence-corrected chi connectivity index (χ2v) is 5.14. The molecule has 1 aliphatic heterocycles. The van der Waals surface area contributed by atoms with Gasteiger partial charge in [0.1, 0.15) is 0 Å². The summed E-state index contributed by atoms with van der Waals surface area (Å²) < 4.78 is 5.07. The highest BCUT2D eigenvalue weighted by Gasteiger charge is 2.22. The standard InChI is InChI=1S/C16H17N3O3/c20-15(14-6-3-11-22-14)18-13-5-2-1-4-12(13)16(21)19-9-7-17-8-10-19/h1-6,11,17H,7-10H2,(H,18,20)/p+1. The van der Waals surface area contributed by atoms with E-state index in [4.69, 9.17) is 4.42 Å². The molecule has 1 aromatic carbocycles. The molecular weight excluding hydrogens is 282 g/mol. The summed E-state index contributed by atoms with van der Waals surface area (Å²) in [5.74, 6) is -0.199. The molecule has 2 heterocycles. The van der Waals surface area contributed by atoms with E-state index in [9.17, 15) is 9.59 Å².